The van der Waals surface area contributed by atoms with Gasteiger partial charge in [0.25, 0.3) is 0 Å². The second-order valence-corrected chi connectivity index (χ2v) is 5.05. The van der Waals surface area contributed by atoms with Gasteiger partial charge in [-0.25, -0.2) is 4.98 Å². The topological polar surface area (TPSA) is 45.2 Å². The molecule has 1 unspecified atom stereocenters. The third-order valence-corrected chi connectivity index (χ3v) is 3.35. The first kappa shape index (κ1) is 13.1. The molecule has 1 N–H and O–H groups in total. The van der Waals surface area contributed by atoms with E-state index in [0.29, 0.717) is 10.8 Å². The van der Waals surface area contributed by atoms with Crippen LogP contribution < -0.4 is 5.32 Å². The molecule has 0 aromatic carbocycles. The van der Waals surface area contributed by atoms with E-state index in [-0.39, 0.29) is 11.9 Å². The summed E-state index contributed by atoms with van der Waals surface area (Å²) in [6.45, 7) is 3.62. The van der Waals surface area contributed by atoms with E-state index < -0.39 is 0 Å². The molecular formula is C13H18ClN3O. The largest absolute Gasteiger partial charge is 0.359 e. The number of nitrogens with zero attached hydrogens (tertiary/aromatic N) is 2. The van der Waals surface area contributed by atoms with Crippen LogP contribution in [0.4, 0.5) is 5.82 Å². The van der Waals surface area contributed by atoms with E-state index in [2.05, 4.69) is 10.3 Å². The Balaban J connectivity index is 1.92. The lowest BCUT2D eigenvalue weighted by molar-refractivity contribution is -0.132. The highest BCUT2D eigenvalue weighted by molar-refractivity contribution is 6.30. The molecule has 0 radical (unpaired) electrons. The number of amides is 1. The molecule has 1 amide bonds. The van der Waals surface area contributed by atoms with E-state index in [4.69, 9.17) is 11.6 Å². The molecule has 2 rings (SSSR count). The Morgan fingerprint density at radius 1 is 1.39 bits per heavy atom. The molecule has 0 spiro atoms. The van der Waals surface area contributed by atoms with Crippen LogP contribution >= 0.6 is 11.6 Å². The van der Waals surface area contributed by atoms with Crippen LogP contribution in [-0.4, -0.2) is 34.9 Å². The maximum Gasteiger partial charge on any atom is 0.244 e. The van der Waals surface area contributed by atoms with Crippen LogP contribution in [0.25, 0.3) is 0 Å². The first-order valence-corrected chi connectivity index (χ1v) is 6.71. The number of rotatable bonds is 3. The van der Waals surface area contributed by atoms with E-state index in [1.165, 1.54) is 6.42 Å². The Labute approximate surface area is 112 Å². The van der Waals surface area contributed by atoms with Gasteiger partial charge in [0.05, 0.1) is 5.02 Å². The standard InChI is InChI=1S/C13H18ClN3O/c1-10(13(18)17-7-3-2-4-8-17)16-12-6-5-11(14)9-15-12/h5-6,9-10H,2-4,7-8H2,1H3,(H,15,16). The number of nitrogens with one attached hydrogen (secondary N) is 1. The Bertz CT molecular complexity index is 401. The summed E-state index contributed by atoms with van der Waals surface area (Å²) in [6, 6.07) is 3.29. The summed E-state index contributed by atoms with van der Waals surface area (Å²) >= 11 is 5.77. The minimum absolute atomic E-state index is 0.145. The quantitative estimate of drug-likeness (QED) is 0.915. The lowest BCUT2D eigenvalue weighted by Crippen LogP contribution is -2.44. The van der Waals surface area contributed by atoms with Gasteiger partial charge in [0.2, 0.25) is 5.91 Å². The second-order valence-electron chi connectivity index (χ2n) is 4.61. The maximum atomic E-state index is 12.2. The second kappa shape index (κ2) is 6.05. The lowest BCUT2D eigenvalue weighted by atomic mass is 10.1. The van der Waals surface area contributed by atoms with Crippen LogP contribution in [-0.2, 0) is 4.79 Å². The van der Waals surface area contributed by atoms with Gasteiger partial charge in [0.1, 0.15) is 11.9 Å². The number of pyridine rings is 1. The van der Waals surface area contributed by atoms with E-state index in [1.54, 1.807) is 18.3 Å². The summed E-state index contributed by atoms with van der Waals surface area (Å²) in [5, 5.41) is 3.70. The molecule has 98 valence electrons. The number of hydrogen-bond donors (Lipinski definition) is 1. The molecule has 4 nitrogen and oxygen atoms in total. The molecule has 0 aliphatic carbocycles. The van der Waals surface area contributed by atoms with Crippen LogP contribution in [0.5, 0.6) is 0 Å². The SMILES string of the molecule is CC(Nc1ccc(Cl)cn1)C(=O)N1CCCCC1. The fourth-order valence-corrected chi connectivity index (χ4v) is 2.24. The molecule has 1 aromatic heterocycles. The summed E-state index contributed by atoms with van der Waals surface area (Å²) in [5.41, 5.74) is 0. The first-order valence-electron chi connectivity index (χ1n) is 6.34. The Morgan fingerprint density at radius 3 is 2.72 bits per heavy atom. The van der Waals surface area contributed by atoms with E-state index in [1.807, 2.05) is 11.8 Å². The van der Waals surface area contributed by atoms with Gasteiger partial charge in [0, 0.05) is 19.3 Å². The van der Waals surface area contributed by atoms with Gasteiger partial charge < -0.3 is 10.2 Å². The van der Waals surface area contributed by atoms with Crippen LogP contribution in [0.1, 0.15) is 26.2 Å². The highest BCUT2D eigenvalue weighted by Crippen LogP contribution is 2.13. The third kappa shape index (κ3) is 3.35. The molecule has 1 aliphatic heterocycles. The maximum absolute atomic E-state index is 12.2. The van der Waals surface area contributed by atoms with Crippen molar-refractivity contribution in [1.82, 2.24) is 9.88 Å². The molecule has 1 aromatic rings. The van der Waals surface area contributed by atoms with Gasteiger partial charge in [0.15, 0.2) is 0 Å². The predicted molar refractivity (Wildman–Crippen MR) is 72.8 cm³/mol. The van der Waals surface area contributed by atoms with Gasteiger partial charge in [-0.1, -0.05) is 11.6 Å². The number of carbonyl (C=O) groups is 1. The zero-order valence-corrected chi connectivity index (χ0v) is 11.3. The smallest absolute Gasteiger partial charge is 0.244 e. The molecule has 1 aliphatic rings. The van der Waals surface area contributed by atoms with Crippen molar-refractivity contribution < 1.29 is 4.79 Å². The summed E-state index contributed by atoms with van der Waals surface area (Å²) in [4.78, 5) is 18.2. The summed E-state index contributed by atoms with van der Waals surface area (Å²) in [6.07, 6.45) is 5.02. The minimum atomic E-state index is -0.253. The van der Waals surface area contributed by atoms with Crippen molar-refractivity contribution >= 4 is 23.3 Å². The molecule has 0 saturated carbocycles. The Morgan fingerprint density at radius 2 is 2.11 bits per heavy atom. The van der Waals surface area contributed by atoms with Crippen molar-refractivity contribution in [3.05, 3.63) is 23.4 Å². The highest BCUT2D eigenvalue weighted by Gasteiger charge is 2.21. The molecule has 2 heterocycles. The van der Waals surface area contributed by atoms with Crippen molar-refractivity contribution in [1.29, 1.82) is 0 Å². The molecule has 1 atom stereocenters. The molecule has 0 bridgehead atoms. The normalized spacial score (nSPS) is 17.3. The van der Waals surface area contributed by atoms with Gasteiger partial charge in [-0.3, -0.25) is 4.79 Å². The number of carbonyl (C=O) groups excluding carboxylic acids is 1. The molecular weight excluding hydrogens is 250 g/mol. The van der Waals surface area contributed by atoms with Crippen molar-refractivity contribution in [2.45, 2.75) is 32.2 Å². The van der Waals surface area contributed by atoms with Gasteiger partial charge in [-0.05, 0) is 38.3 Å². The monoisotopic (exact) mass is 267 g/mol. The first-order chi connectivity index (χ1) is 8.66. The summed E-state index contributed by atoms with van der Waals surface area (Å²) in [5.74, 6) is 0.823. The highest BCUT2D eigenvalue weighted by atomic mass is 35.5. The molecule has 18 heavy (non-hydrogen) atoms. The molecule has 1 saturated heterocycles. The fraction of sp³-hybridized carbons (Fsp3) is 0.538. The van der Waals surface area contributed by atoms with Crippen LogP contribution in [0, 0.1) is 0 Å². The molecule has 5 heteroatoms. The van der Waals surface area contributed by atoms with Crippen LogP contribution in [0.2, 0.25) is 5.02 Å². The fourth-order valence-electron chi connectivity index (χ4n) is 2.13. The van der Waals surface area contributed by atoms with Crippen molar-refractivity contribution in [3.63, 3.8) is 0 Å². The van der Waals surface area contributed by atoms with Crippen LogP contribution in [0.3, 0.4) is 0 Å². The number of halogens is 1. The number of piperidine rings is 1. The average molecular weight is 268 g/mol. The van der Waals surface area contributed by atoms with Gasteiger partial charge in [-0.15, -0.1) is 0 Å². The third-order valence-electron chi connectivity index (χ3n) is 3.13. The minimum Gasteiger partial charge on any atom is -0.359 e. The zero-order valence-electron chi connectivity index (χ0n) is 10.5. The number of aromatic nitrogens is 1. The molecule has 1 fully saturated rings. The Kier molecular flexibility index (Phi) is 4.42. The Hall–Kier alpha value is -1.29. The van der Waals surface area contributed by atoms with Gasteiger partial charge in [-0.2, -0.15) is 0 Å². The summed E-state index contributed by atoms with van der Waals surface area (Å²) < 4.78 is 0. The van der Waals surface area contributed by atoms with E-state index >= 15 is 0 Å². The van der Waals surface area contributed by atoms with Crippen LogP contribution in [0.15, 0.2) is 18.3 Å². The predicted octanol–water partition coefficient (Wildman–Crippen LogP) is 2.55. The van der Waals surface area contributed by atoms with E-state index in [0.717, 1.165) is 25.9 Å². The van der Waals surface area contributed by atoms with E-state index in [9.17, 15) is 4.79 Å². The lowest BCUT2D eigenvalue weighted by Gasteiger charge is -2.29. The van der Waals surface area contributed by atoms with Gasteiger partial charge >= 0.3 is 0 Å². The average Bonchev–Trinajstić information content (AvgIpc) is 2.41. The number of hydrogen-bond acceptors (Lipinski definition) is 3. The van der Waals surface area contributed by atoms with Crippen molar-refractivity contribution in [3.8, 4) is 0 Å². The number of anilines is 1. The van der Waals surface area contributed by atoms with Crippen molar-refractivity contribution in [2.75, 3.05) is 18.4 Å². The zero-order chi connectivity index (χ0) is 13.0. The van der Waals surface area contributed by atoms with Crippen molar-refractivity contribution in [2.24, 2.45) is 0 Å². The number of likely N-dealkylation sites (tertiary alicyclic amines) is 1. The summed E-state index contributed by atoms with van der Waals surface area (Å²) in [7, 11) is 0.